The summed E-state index contributed by atoms with van der Waals surface area (Å²) >= 11 is 0. The van der Waals surface area contributed by atoms with E-state index in [1.54, 1.807) is 30.3 Å². The van der Waals surface area contributed by atoms with E-state index in [4.69, 9.17) is 4.74 Å². The first-order valence-corrected chi connectivity index (χ1v) is 5.98. The monoisotopic (exact) mass is 296 g/mol. The molecule has 0 aliphatic rings. The van der Waals surface area contributed by atoms with Crippen LogP contribution in [0.3, 0.4) is 0 Å². The van der Waals surface area contributed by atoms with Crippen molar-refractivity contribution in [2.75, 3.05) is 0 Å². The maximum Gasteiger partial charge on any atom is 0.416 e. The fraction of sp³-hybridized carbons (Fsp3) is 0.133. The second-order valence-corrected chi connectivity index (χ2v) is 4.33. The summed E-state index contributed by atoms with van der Waals surface area (Å²) in [7, 11) is 0. The fourth-order valence-corrected chi connectivity index (χ4v) is 1.70. The van der Waals surface area contributed by atoms with E-state index in [1.807, 2.05) is 0 Å². The minimum absolute atomic E-state index is 0.0588. The van der Waals surface area contributed by atoms with Crippen LogP contribution < -0.4 is 0 Å². The summed E-state index contributed by atoms with van der Waals surface area (Å²) in [5, 5.41) is 9.28. The minimum Gasteiger partial charge on any atom is -0.508 e. The summed E-state index contributed by atoms with van der Waals surface area (Å²) in [4.78, 5) is 11.7. The summed E-state index contributed by atoms with van der Waals surface area (Å²) in [6.45, 7) is -0.0588. The highest BCUT2D eigenvalue weighted by Crippen LogP contribution is 2.32. The largest absolute Gasteiger partial charge is 0.508 e. The summed E-state index contributed by atoms with van der Waals surface area (Å²) in [5.74, 6) is -1.57. The molecule has 0 atom stereocenters. The highest BCUT2D eigenvalue weighted by molar-refractivity contribution is 5.90. The summed E-state index contributed by atoms with van der Waals surface area (Å²) in [6, 6.07) is 10.9. The predicted octanol–water partition coefficient (Wildman–Crippen LogP) is 3.77. The average molecular weight is 296 g/mol. The number of hydrogen-bond acceptors (Lipinski definition) is 3. The predicted molar refractivity (Wildman–Crippen MR) is 68.7 cm³/mol. The van der Waals surface area contributed by atoms with Crippen LogP contribution in [0.2, 0.25) is 0 Å². The number of carbonyl (C=O) groups is 1. The van der Waals surface area contributed by atoms with Gasteiger partial charge in [-0.15, -0.1) is 0 Å². The highest BCUT2D eigenvalue weighted by Gasteiger charge is 2.32. The molecule has 0 amide bonds. The van der Waals surface area contributed by atoms with Crippen LogP contribution in [0.25, 0.3) is 0 Å². The van der Waals surface area contributed by atoms with Gasteiger partial charge < -0.3 is 9.84 Å². The van der Waals surface area contributed by atoms with E-state index in [0.29, 0.717) is 17.7 Å². The Kier molecular flexibility index (Phi) is 4.16. The Morgan fingerprint density at radius 3 is 2.38 bits per heavy atom. The molecule has 2 aromatic carbocycles. The van der Waals surface area contributed by atoms with Gasteiger partial charge in [-0.1, -0.05) is 30.3 Å². The third-order valence-electron chi connectivity index (χ3n) is 2.69. The van der Waals surface area contributed by atoms with Crippen molar-refractivity contribution < 1.29 is 27.8 Å². The number of alkyl halides is 3. The molecule has 0 radical (unpaired) electrons. The van der Waals surface area contributed by atoms with Gasteiger partial charge in [-0.2, -0.15) is 13.2 Å². The Hall–Kier alpha value is -2.50. The first-order chi connectivity index (χ1) is 9.86. The van der Waals surface area contributed by atoms with E-state index in [9.17, 15) is 23.1 Å². The molecule has 0 aliphatic carbocycles. The van der Waals surface area contributed by atoms with E-state index in [-0.39, 0.29) is 12.2 Å². The molecular formula is C15H11F3O3. The van der Waals surface area contributed by atoms with Gasteiger partial charge in [0, 0.05) is 0 Å². The standard InChI is InChI=1S/C15H11F3O3/c16-15(17,18)12-6-11(7-13(19)8-12)14(20)21-9-10-4-2-1-3-5-10/h1-8,19H,9H2. The Morgan fingerprint density at radius 1 is 1.10 bits per heavy atom. The van der Waals surface area contributed by atoms with Gasteiger partial charge in [-0.3, -0.25) is 0 Å². The Morgan fingerprint density at radius 2 is 1.76 bits per heavy atom. The number of benzene rings is 2. The molecule has 0 fully saturated rings. The molecule has 0 heterocycles. The molecule has 0 saturated carbocycles. The number of rotatable bonds is 3. The van der Waals surface area contributed by atoms with Crippen LogP contribution in [0.1, 0.15) is 21.5 Å². The second kappa shape index (κ2) is 5.87. The number of aromatic hydroxyl groups is 1. The smallest absolute Gasteiger partial charge is 0.416 e. The van der Waals surface area contributed by atoms with Gasteiger partial charge in [0.05, 0.1) is 11.1 Å². The van der Waals surface area contributed by atoms with Crippen LogP contribution in [-0.4, -0.2) is 11.1 Å². The van der Waals surface area contributed by atoms with Crippen molar-refractivity contribution in [2.24, 2.45) is 0 Å². The second-order valence-electron chi connectivity index (χ2n) is 4.33. The SMILES string of the molecule is O=C(OCc1ccccc1)c1cc(O)cc(C(F)(F)F)c1. The number of phenols is 1. The average Bonchev–Trinajstić information content (AvgIpc) is 2.44. The molecule has 2 rings (SSSR count). The lowest BCUT2D eigenvalue weighted by molar-refractivity contribution is -0.137. The first-order valence-electron chi connectivity index (χ1n) is 5.98. The highest BCUT2D eigenvalue weighted by atomic mass is 19.4. The zero-order chi connectivity index (χ0) is 15.5. The molecule has 110 valence electrons. The normalized spacial score (nSPS) is 11.2. The van der Waals surface area contributed by atoms with Crippen molar-refractivity contribution in [1.82, 2.24) is 0 Å². The number of ether oxygens (including phenoxy) is 1. The molecular weight excluding hydrogens is 285 g/mol. The quantitative estimate of drug-likeness (QED) is 0.877. The maximum atomic E-state index is 12.6. The van der Waals surface area contributed by atoms with Gasteiger partial charge in [0.2, 0.25) is 0 Å². The molecule has 21 heavy (non-hydrogen) atoms. The minimum atomic E-state index is -4.65. The van der Waals surface area contributed by atoms with Crippen LogP contribution in [0.15, 0.2) is 48.5 Å². The van der Waals surface area contributed by atoms with Gasteiger partial charge >= 0.3 is 12.1 Å². The fourth-order valence-electron chi connectivity index (χ4n) is 1.70. The molecule has 1 N–H and O–H groups in total. The van der Waals surface area contributed by atoms with Crippen molar-refractivity contribution in [3.8, 4) is 5.75 Å². The van der Waals surface area contributed by atoms with Crippen LogP contribution >= 0.6 is 0 Å². The number of hydrogen-bond donors (Lipinski definition) is 1. The van der Waals surface area contributed by atoms with Gasteiger partial charge in [-0.05, 0) is 23.8 Å². The Balaban J connectivity index is 2.14. The van der Waals surface area contributed by atoms with Crippen molar-refractivity contribution in [2.45, 2.75) is 12.8 Å². The lowest BCUT2D eigenvalue weighted by Crippen LogP contribution is -2.09. The molecule has 0 bridgehead atoms. The lowest BCUT2D eigenvalue weighted by Gasteiger charge is -2.10. The number of halogens is 3. The summed E-state index contributed by atoms with van der Waals surface area (Å²) < 4.78 is 42.7. The molecule has 0 spiro atoms. The van der Waals surface area contributed by atoms with Crippen molar-refractivity contribution in [3.63, 3.8) is 0 Å². The molecule has 0 unspecified atom stereocenters. The van der Waals surface area contributed by atoms with Gasteiger partial charge in [0.15, 0.2) is 0 Å². The van der Waals surface area contributed by atoms with Crippen molar-refractivity contribution in [1.29, 1.82) is 0 Å². The van der Waals surface area contributed by atoms with Crippen LogP contribution in [0.5, 0.6) is 5.75 Å². The zero-order valence-electron chi connectivity index (χ0n) is 10.7. The Bertz CT molecular complexity index is 636. The van der Waals surface area contributed by atoms with Crippen LogP contribution in [-0.2, 0) is 17.5 Å². The topological polar surface area (TPSA) is 46.5 Å². The van der Waals surface area contributed by atoms with E-state index < -0.39 is 23.5 Å². The Labute approximate surface area is 118 Å². The summed E-state index contributed by atoms with van der Waals surface area (Å²) in [6.07, 6.45) is -4.65. The van der Waals surface area contributed by atoms with E-state index in [1.165, 1.54) is 0 Å². The number of carbonyl (C=O) groups excluding carboxylic acids is 1. The molecule has 3 nitrogen and oxygen atoms in total. The zero-order valence-corrected chi connectivity index (χ0v) is 10.7. The number of esters is 1. The molecule has 0 aliphatic heterocycles. The van der Waals surface area contributed by atoms with Gasteiger partial charge in [-0.25, -0.2) is 4.79 Å². The summed E-state index contributed by atoms with van der Waals surface area (Å²) in [5.41, 5.74) is -0.741. The van der Waals surface area contributed by atoms with E-state index in [2.05, 4.69) is 0 Å². The van der Waals surface area contributed by atoms with E-state index >= 15 is 0 Å². The van der Waals surface area contributed by atoms with Crippen molar-refractivity contribution >= 4 is 5.97 Å². The van der Waals surface area contributed by atoms with Crippen LogP contribution in [0.4, 0.5) is 13.2 Å². The molecule has 0 saturated heterocycles. The van der Waals surface area contributed by atoms with E-state index in [0.717, 1.165) is 6.07 Å². The van der Waals surface area contributed by atoms with Crippen molar-refractivity contribution in [3.05, 3.63) is 65.2 Å². The molecule has 6 heteroatoms. The third kappa shape index (κ3) is 3.98. The van der Waals surface area contributed by atoms with Crippen LogP contribution in [0, 0.1) is 0 Å². The van der Waals surface area contributed by atoms with Gasteiger partial charge in [0.25, 0.3) is 0 Å². The maximum absolute atomic E-state index is 12.6. The number of phenolic OH excluding ortho intramolecular Hbond substituents is 1. The van der Waals surface area contributed by atoms with Gasteiger partial charge in [0.1, 0.15) is 12.4 Å². The first kappa shape index (κ1) is 14.9. The molecule has 0 aromatic heterocycles. The lowest BCUT2D eigenvalue weighted by atomic mass is 10.1. The third-order valence-corrected chi connectivity index (χ3v) is 2.69. The molecule has 2 aromatic rings.